The van der Waals surface area contributed by atoms with Gasteiger partial charge in [0.25, 0.3) is 5.56 Å². The number of esters is 1. The Morgan fingerprint density at radius 2 is 1.95 bits per heavy atom. The van der Waals surface area contributed by atoms with Crippen molar-refractivity contribution in [2.75, 3.05) is 6.61 Å². The van der Waals surface area contributed by atoms with Crippen molar-refractivity contribution < 1.29 is 27.5 Å². The summed E-state index contributed by atoms with van der Waals surface area (Å²) < 4.78 is 45.2. The molecule has 194 valence electrons. The number of hydrogen-bond donors (Lipinski definition) is 0. The predicted octanol–water partition coefficient (Wildman–Crippen LogP) is 4.25. The average Bonchev–Trinajstić information content (AvgIpc) is 3.47. The van der Waals surface area contributed by atoms with Gasteiger partial charge in [0.1, 0.15) is 23.9 Å². The predicted molar refractivity (Wildman–Crippen MR) is 136 cm³/mol. The number of carbonyl (C=O) groups excluding carboxylic acids is 1. The van der Waals surface area contributed by atoms with Gasteiger partial charge in [-0.3, -0.25) is 9.36 Å². The lowest BCUT2D eigenvalue weighted by molar-refractivity contribution is -0.139. The van der Waals surface area contributed by atoms with Gasteiger partial charge in [0.2, 0.25) is 0 Å². The van der Waals surface area contributed by atoms with Crippen LogP contribution >= 0.6 is 11.3 Å². The Bertz CT molecular complexity index is 1720. The van der Waals surface area contributed by atoms with Crippen LogP contribution in [0.1, 0.15) is 37.0 Å². The molecule has 1 unspecified atom stereocenters. The van der Waals surface area contributed by atoms with Crippen LogP contribution in [0.2, 0.25) is 0 Å². The number of benzene rings is 2. The van der Waals surface area contributed by atoms with Crippen molar-refractivity contribution in [1.82, 2.24) is 4.57 Å². The Balaban J connectivity index is 1.49. The SMILES string of the molecule is CCOC(=O)C1=C(C)N=c2s/c(=C/c3ccc(COc4ccc(F)cc4F)o3)c(=O)n2C1c1ccccc1. The zero-order valence-corrected chi connectivity index (χ0v) is 21.3. The van der Waals surface area contributed by atoms with E-state index in [2.05, 4.69) is 4.99 Å². The van der Waals surface area contributed by atoms with E-state index in [4.69, 9.17) is 13.9 Å². The van der Waals surface area contributed by atoms with E-state index in [1.54, 1.807) is 32.1 Å². The number of fused-ring (bicyclic) bond motifs is 1. The first-order valence-corrected chi connectivity index (χ1v) is 12.6. The van der Waals surface area contributed by atoms with Gasteiger partial charge in [0, 0.05) is 12.1 Å². The largest absolute Gasteiger partial charge is 0.483 e. The van der Waals surface area contributed by atoms with Gasteiger partial charge in [-0.25, -0.2) is 18.6 Å². The van der Waals surface area contributed by atoms with Crippen LogP contribution in [-0.4, -0.2) is 17.1 Å². The number of thiazole rings is 1. The fourth-order valence-electron chi connectivity index (χ4n) is 4.16. The highest BCUT2D eigenvalue weighted by molar-refractivity contribution is 7.07. The monoisotopic (exact) mass is 536 g/mol. The van der Waals surface area contributed by atoms with Crippen molar-refractivity contribution >= 4 is 23.4 Å². The van der Waals surface area contributed by atoms with Crippen LogP contribution in [-0.2, 0) is 16.1 Å². The number of rotatable bonds is 7. The maximum atomic E-state index is 13.8. The van der Waals surface area contributed by atoms with Gasteiger partial charge in [-0.1, -0.05) is 41.7 Å². The minimum Gasteiger partial charge on any atom is -0.483 e. The molecule has 0 amide bonds. The average molecular weight is 537 g/mol. The third-order valence-corrected chi connectivity index (χ3v) is 6.83. The summed E-state index contributed by atoms with van der Waals surface area (Å²) in [6.45, 7) is 3.55. The molecule has 7 nitrogen and oxygen atoms in total. The van der Waals surface area contributed by atoms with Crippen LogP contribution in [0.25, 0.3) is 6.08 Å². The van der Waals surface area contributed by atoms with Gasteiger partial charge < -0.3 is 13.9 Å². The fraction of sp³-hybridized carbons (Fsp3) is 0.179. The van der Waals surface area contributed by atoms with Crippen LogP contribution in [0, 0.1) is 11.6 Å². The van der Waals surface area contributed by atoms with Crippen molar-refractivity contribution in [3.63, 3.8) is 0 Å². The number of allylic oxidation sites excluding steroid dienone is 1. The summed E-state index contributed by atoms with van der Waals surface area (Å²) in [6, 6.07) is 14.9. The van der Waals surface area contributed by atoms with Crippen LogP contribution < -0.4 is 19.6 Å². The number of carbonyl (C=O) groups is 1. The molecule has 0 aliphatic carbocycles. The van der Waals surface area contributed by atoms with Gasteiger partial charge in [-0.2, -0.15) is 0 Å². The molecule has 0 radical (unpaired) electrons. The minimum absolute atomic E-state index is 0.0895. The number of ether oxygens (including phenoxy) is 2. The number of nitrogens with zero attached hydrogens (tertiary/aromatic N) is 2. The molecular formula is C28H22F2N2O5S. The smallest absolute Gasteiger partial charge is 0.338 e. The second kappa shape index (κ2) is 10.6. The second-order valence-electron chi connectivity index (χ2n) is 8.38. The molecule has 3 heterocycles. The Morgan fingerprint density at radius 1 is 1.16 bits per heavy atom. The highest BCUT2D eigenvalue weighted by atomic mass is 32.1. The Morgan fingerprint density at radius 3 is 2.68 bits per heavy atom. The number of halogens is 2. The van der Waals surface area contributed by atoms with E-state index >= 15 is 0 Å². The highest BCUT2D eigenvalue weighted by Crippen LogP contribution is 2.30. The van der Waals surface area contributed by atoms with Gasteiger partial charge >= 0.3 is 5.97 Å². The summed E-state index contributed by atoms with van der Waals surface area (Å²) in [5.41, 5.74) is 1.21. The van der Waals surface area contributed by atoms with Gasteiger partial charge in [-0.15, -0.1) is 0 Å². The Kier molecular flexibility index (Phi) is 7.06. The molecule has 1 aliphatic heterocycles. The molecule has 1 aliphatic rings. The number of aromatic nitrogens is 1. The van der Waals surface area contributed by atoms with Gasteiger partial charge in [0.05, 0.1) is 28.5 Å². The standard InChI is InChI=1S/C28H22F2N2O5S/c1-3-35-27(34)24-16(2)31-28-32(25(24)17-7-5-4-6-8-17)26(33)23(38-28)14-19-10-11-20(37-19)15-36-22-12-9-18(29)13-21(22)30/h4-14,25H,3,15H2,1-2H3/b23-14+. The number of hydrogen-bond acceptors (Lipinski definition) is 7. The fourth-order valence-corrected chi connectivity index (χ4v) is 5.19. The van der Waals surface area contributed by atoms with Crippen molar-refractivity contribution in [3.8, 4) is 5.75 Å². The van der Waals surface area contributed by atoms with Crippen LogP contribution in [0.15, 0.2) is 86.1 Å². The first-order valence-electron chi connectivity index (χ1n) is 11.8. The quantitative estimate of drug-likeness (QED) is 0.330. The van der Waals surface area contributed by atoms with Crippen molar-refractivity contribution in [1.29, 1.82) is 0 Å². The molecule has 10 heteroatoms. The third kappa shape index (κ3) is 4.95. The zero-order valence-electron chi connectivity index (χ0n) is 20.4. The maximum absolute atomic E-state index is 13.8. The normalized spacial score (nSPS) is 15.3. The minimum atomic E-state index is -0.816. The van der Waals surface area contributed by atoms with Crippen LogP contribution in [0.3, 0.4) is 0 Å². The Hall–Kier alpha value is -4.31. The molecule has 0 saturated heterocycles. The van der Waals surface area contributed by atoms with Crippen molar-refractivity contribution in [2.24, 2.45) is 4.99 Å². The van der Waals surface area contributed by atoms with Crippen molar-refractivity contribution in [2.45, 2.75) is 26.5 Å². The molecule has 1 atom stereocenters. The molecule has 0 N–H and O–H groups in total. The van der Waals surface area contributed by atoms with E-state index in [1.165, 1.54) is 22.0 Å². The van der Waals surface area contributed by atoms with Crippen molar-refractivity contribution in [3.05, 3.63) is 120 Å². The summed E-state index contributed by atoms with van der Waals surface area (Å²) in [4.78, 5) is 31.5. The Labute approximate surface area is 219 Å². The number of furan rings is 1. The second-order valence-corrected chi connectivity index (χ2v) is 9.39. The molecule has 38 heavy (non-hydrogen) atoms. The van der Waals surface area contributed by atoms with E-state index in [9.17, 15) is 18.4 Å². The zero-order chi connectivity index (χ0) is 26.8. The molecule has 5 rings (SSSR count). The molecule has 0 saturated carbocycles. The molecule has 0 bridgehead atoms. The van der Waals surface area contributed by atoms with Gasteiger partial charge in [-0.05, 0) is 43.7 Å². The van der Waals surface area contributed by atoms with Crippen LogP contribution in [0.4, 0.5) is 8.78 Å². The van der Waals surface area contributed by atoms with E-state index < -0.39 is 23.6 Å². The summed E-state index contributed by atoms with van der Waals surface area (Å²) in [6.07, 6.45) is 1.58. The summed E-state index contributed by atoms with van der Waals surface area (Å²) in [5.74, 6) is -1.38. The lowest BCUT2D eigenvalue weighted by atomic mass is 9.96. The lowest BCUT2D eigenvalue weighted by Crippen LogP contribution is -2.39. The summed E-state index contributed by atoms with van der Waals surface area (Å²) in [7, 11) is 0. The highest BCUT2D eigenvalue weighted by Gasteiger charge is 2.33. The van der Waals surface area contributed by atoms with E-state index in [0.29, 0.717) is 32.1 Å². The molecule has 2 aromatic heterocycles. The first-order chi connectivity index (χ1) is 18.4. The van der Waals surface area contributed by atoms with Gasteiger partial charge in [0.15, 0.2) is 16.4 Å². The molecular weight excluding hydrogens is 514 g/mol. The van der Waals surface area contributed by atoms with E-state index in [0.717, 1.165) is 17.7 Å². The topological polar surface area (TPSA) is 83.0 Å². The maximum Gasteiger partial charge on any atom is 0.338 e. The molecule has 2 aromatic carbocycles. The summed E-state index contributed by atoms with van der Waals surface area (Å²) in [5, 5.41) is 0. The first kappa shape index (κ1) is 25.3. The van der Waals surface area contributed by atoms with E-state index in [1.807, 2.05) is 30.3 Å². The molecule has 0 fully saturated rings. The lowest BCUT2D eigenvalue weighted by Gasteiger charge is -2.24. The third-order valence-electron chi connectivity index (χ3n) is 5.85. The molecule has 0 spiro atoms. The van der Waals surface area contributed by atoms with E-state index in [-0.39, 0.29) is 24.5 Å². The molecule has 4 aromatic rings. The van der Waals surface area contributed by atoms with Crippen LogP contribution in [0.5, 0.6) is 5.75 Å². The summed E-state index contributed by atoms with van der Waals surface area (Å²) >= 11 is 1.17.